The first kappa shape index (κ1) is 16.9. The third-order valence-corrected chi connectivity index (χ3v) is 3.93. The predicted octanol–water partition coefficient (Wildman–Crippen LogP) is 1.85. The molecule has 0 aliphatic rings. The van der Waals surface area contributed by atoms with Gasteiger partial charge in [0, 0.05) is 48.9 Å². The van der Waals surface area contributed by atoms with Crippen LogP contribution in [0.15, 0.2) is 67.1 Å². The van der Waals surface area contributed by atoms with Gasteiger partial charge in [-0.1, -0.05) is 6.07 Å². The highest BCUT2D eigenvalue weighted by atomic mass is 16.3. The van der Waals surface area contributed by atoms with Crippen LogP contribution in [0.4, 0.5) is 0 Å². The van der Waals surface area contributed by atoms with Crippen molar-refractivity contribution in [2.45, 2.75) is 6.42 Å². The lowest BCUT2D eigenvalue weighted by molar-refractivity contribution is 0.0940. The van der Waals surface area contributed by atoms with Crippen LogP contribution in [0, 0.1) is 5.92 Å². The molecule has 2 N–H and O–H groups in total. The van der Waals surface area contributed by atoms with Crippen molar-refractivity contribution >= 4 is 5.91 Å². The van der Waals surface area contributed by atoms with E-state index in [2.05, 4.69) is 15.4 Å². The third kappa shape index (κ3) is 4.51. The summed E-state index contributed by atoms with van der Waals surface area (Å²) in [6, 6.07) is 14.7. The Hall–Kier alpha value is -2.99. The van der Waals surface area contributed by atoms with E-state index >= 15 is 0 Å². The van der Waals surface area contributed by atoms with Gasteiger partial charge in [0.2, 0.25) is 0 Å². The van der Waals surface area contributed by atoms with Gasteiger partial charge in [0.05, 0.1) is 5.69 Å². The van der Waals surface area contributed by atoms with Crippen molar-refractivity contribution in [3.05, 3.63) is 78.4 Å². The Morgan fingerprint density at radius 3 is 2.60 bits per heavy atom. The van der Waals surface area contributed by atoms with Crippen molar-refractivity contribution < 1.29 is 9.90 Å². The van der Waals surface area contributed by atoms with E-state index in [1.54, 1.807) is 29.2 Å². The summed E-state index contributed by atoms with van der Waals surface area (Å²) in [4.78, 5) is 16.5. The van der Waals surface area contributed by atoms with E-state index in [-0.39, 0.29) is 18.4 Å². The van der Waals surface area contributed by atoms with Crippen molar-refractivity contribution in [2.24, 2.45) is 5.92 Å². The Bertz CT molecular complexity index is 786. The number of aromatic nitrogens is 3. The lowest BCUT2D eigenvalue weighted by Crippen LogP contribution is -2.32. The van der Waals surface area contributed by atoms with Crippen LogP contribution in [0.2, 0.25) is 0 Å². The molecule has 0 saturated heterocycles. The molecule has 25 heavy (non-hydrogen) atoms. The molecule has 0 radical (unpaired) electrons. The van der Waals surface area contributed by atoms with Crippen LogP contribution >= 0.6 is 0 Å². The van der Waals surface area contributed by atoms with Gasteiger partial charge in [0.1, 0.15) is 0 Å². The number of nitrogens with one attached hydrogen (secondary N) is 1. The molecule has 2 heterocycles. The number of hydrogen-bond donors (Lipinski definition) is 2. The molecule has 3 aromatic rings. The molecule has 0 aliphatic carbocycles. The second-order valence-electron chi connectivity index (χ2n) is 5.78. The average Bonchev–Trinajstić information content (AvgIpc) is 3.20. The normalized spacial score (nSPS) is 11.9. The molecule has 1 amide bonds. The molecule has 1 atom stereocenters. The summed E-state index contributed by atoms with van der Waals surface area (Å²) in [7, 11) is 0. The Kier molecular flexibility index (Phi) is 5.53. The van der Waals surface area contributed by atoms with Crippen molar-refractivity contribution in [3.63, 3.8) is 0 Å². The number of aliphatic hydroxyl groups excluding tert-OH is 1. The average molecular weight is 336 g/mol. The molecular weight excluding hydrogens is 316 g/mol. The maximum atomic E-state index is 12.3. The zero-order valence-corrected chi connectivity index (χ0v) is 13.7. The van der Waals surface area contributed by atoms with Gasteiger partial charge in [0.25, 0.3) is 5.91 Å². The van der Waals surface area contributed by atoms with Gasteiger partial charge >= 0.3 is 0 Å². The molecule has 0 fully saturated rings. The SMILES string of the molecule is O=C(NCC(CO)Cc1ccccn1)c1ccc(-n2cccn2)cc1. The first-order valence-electron chi connectivity index (χ1n) is 8.15. The molecule has 1 unspecified atom stereocenters. The standard InChI is InChI=1S/C19H20N4O2/c24-14-15(12-17-4-1-2-9-20-17)13-21-19(25)16-5-7-18(8-6-16)23-11-3-10-22-23/h1-11,15,24H,12-14H2,(H,21,25). The van der Waals surface area contributed by atoms with Crippen LogP contribution in [-0.2, 0) is 6.42 Å². The van der Waals surface area contributed by atoms with Crippen molar-refractivity contribution in [3.8, 4) is 5.69 Å². The number of nitrogens with zero attached hydrogens (tertiary/aromatic N) is 3. The molecule has 0 aliphatic heterocycles. The Morgan fingerprint density at radius 1 is 1.12 bits per heavy atom. The monoisotopic (exact) mass is 336 g/mol. The summed E-state index contributed by atoms with van der Waals surface area (Å²) in [5, 5.41) is 16.6. The van der Waals surface area contributed by atoms with Crippen molar-refractivity contribution in [1.82, 2.24) is 20.1 Å². The van der Waals surface area contributed by atoms with Gasteiger partial charge in [0.15, 0.2) is 0 Å². The molecule has 1 aromatic carbocycles. The fourth-order valence-corrected chi connectivity index (χ4v) is 2.54. The summed E-state index contributed by atoms with van der Waals surface area (Å²) in [5.41, 5.74) is 2.37. The highest BCUT2D eigenvalue weighted by Gasteiger charge is 2.12. The summed E-state index contributed by atoms with van der Waals surface area (Å²) < 4.78 is 1.73. The maximum Gasteiger partial charge on any atom is 0.251 e. The molecule has 128 valence electrons. The number of carbonyl (C=O) groups is 1. The topological polar surface area (TPSA) is 80.0 Å². The van der Waals surface area contributed by atoms with Crippen molar-refractivity contribution in [1.29, 1.82) is 0 Å². The van der Waals surface area contributed by atoms with E-state index in [1.165, 1.54) is 0 Å². The smallest absolute Gasteiger partial charge is 0.251 e. The second kappa shape index (κ2) is 8.21. The third-order valence-electron chi connectivity index (χ3n) is 3.93. The number of carbonyl (C=O) groups excluding carboxylic acids is 1. The minimum Gasteiger partial charge on any atom is -0.396 e. The summed E-state index contributed by atoms with van der Waals surface area (Å²) in [6.45, 7) is 0.391. The summed E-state index contributed by atoms with van der Waals surface area (Å²) >= 11 is 0. The molecule has 2 aromatic heterocycles. The van der Waals surface area contributed by atoms with Crippen LogP contribution < -0.4 is 5.32 Å². The number of pyridine rings is 1. The molecule has 0 bridgehead atoms. The van der Waals surface area contributed by atoms with E-state index in [0.29, 0.717) is 18.5 Å². The van der Waals surface area contributed by atoms with Gasteiger partial charge < -0.3 is 10.4 Å². The first-order chi connectivity index (χ1) is 12.3. The van der Waals surface area contributed by atoms with Gasteiger partial charge in [-0.15, -0.1) is 0 Å². The first-order valence-corrected chi connectivity index (χ1v) is 8.15. The maximum absolute atomic E-state index is 12.3. The lowest BCUT2D eigenvalue weighted by Gasteiger charge is -2.15. The van der Waals surface area contributed by atoms with Crippen molar-refractivity contribution in [2.75, 3.05) is 13.2 Å². The highest BCUT2D eigenvalue weighted by molar-refractivity contribution is 5.94. The lowest BCUT2D eigenvalue weighted by atomic mass is 10.0. The minimum atomic E-state index is -0.161. The largest absolute Gasteiger partial charge is 0.396 e. The zero-order valence-electron chi connectivity index (χ0n) is 13.7. The fraction of sp³-hybridized carbons (Fsp3) is 0.211. The number of rotatable bonds is 7. The van der Waals surface area contributed by atoms with Crippen LogP contribution in [0.1, 0.15) is 16.1 Å². The van der Waals surface area contributed by atoms with Gasteiger partial charge in [-0.25, -0.2) is 4.68 Å². The van der Waals surface area contributed by atoms with Gasteiger partial charge in [-0.3, -0.25) is 9.78 Å². The molecule has 6 nitrogen and oxygen atoms in total. The molecule has 0 saturated carbocycles. The van der Waals surface area contributed by atoms with Gasteiger partial charge in [-0.2, -0.15) is 5.10 Å². The zero-order chi connectivity index (χ0) is 17.5. The Morgan fingerprint density at radius 2 is 1.96 bits per heavy atom. The summed E-state index contributed by atoms with van der Waals surface area (Å²) in [6.07, 6.45) is 5.90. The number of amides is 1. The van der Waals surface area contributed by atoms with E-state index in [1.807, 2.05) is 42.6 Å². The number of hydrogen-bond acceptors (Lipinski definition) is 4. The van der Waals surface area contributed by atoms with E-state index in [0.717, 1.165) is 11.4 Å². The van der Waals surface area contributed by atoms with E-state index in [4.69, 9.17) is 0 Å². The molecular formula is C19H20N4O2. The molecule has 3 rings (SSSR count). The van der Waals surface area contributed by atoms with E-state index in [9.17, 15) is 9.90 Å². The fourth-order valence-electron chi connectivity index (χ4n) is 2.54. The highest BCUT2D eigenvalue weighted by Crippen LogP contribution is 2.09. The van der Waals surface area contributed by atoms with Gasteiger partial charge in [-0.05, 0) is 48.9 Å². The minimum absolute atomic E-state index is 0.00487. The Balaban J connectivity index is 1.56. The van der Waals surface area contributed by atoms with Crippen LogP contribution in [0.25, 0.3) is 5.69 Å². The second-order valence-corrected chi connectivity index (χ2v) is 5.78. The molecule has 0 spiro atoms. The Labute approximate surface area is 146 Å². The molecule has 6 heteroatoms. The quantitative estimate of drug-likeness (QED) is 0.690. The number of benzene rings is 1. The predicted molar refractivity (Wildman–Crippen MR) is 94.4 cm³/mol. The van der Waals surface area contributed by atoms with Crippen LogP contribution in [-0.4, -0.2) is 38.9 Å². The number of aliphatic hydroxyl groups is 1. The van der Waals surface area contributed by atoms with Crippen LogP contribution in [0.3, 0.4) is 0 Å². The van der Waals surface area contributed by atoms with E-state index < -0.39 is 0 Å². The van der Waals surface area contributed by atoms with Crippen LogP contribution in [0.5, 0.6) is 0 Å². The summed E-state index contributed by atoms with van der Waals surface area (Å²) in [5.74, 6) is -0.228.